The number of carbonyl (C=O) groups excluding carboxylic acids is 1. The summed E-state index contributed by atoms with van der Waals surface area (Å²) in [6.07, 6.45) is 2.00. The Morgan fingerprint density at radius 3 is 2.41 bits per heavy atom. The molecule has 1 amide bonds. The van der Waals surface area contributed by atoms with Crippen molar-refractivity contribution < 1.29 is 4.79 Å². The summed E-state index contributed by atoms with van der Waals surface area (Å²) in [5.74, 6) is 0.663. The Morgan fingerprint density at radius 1 is 1.07 bits per heavy atom. The van der Waals surface area contributed by atoms with Crippen LogP contribution < -0.4 is 5.32 Å². The van der Waals surface area contributed by atoms with Crippen LogP contribution in [0.3, 0.4) is 0 Å². The van der Waals surface area contributed by atoms with E-state index in [9.17, 15) is 4.79 Å². The molecule has 0 radical (unpaired) electrons. The van der Waals surface area contributed by atoms with E-state index in [1.807, 2.05) is 36.4 Å². The first-order valence-electron chi connectivity index (χ1n) is 10.1. The average Bonchev–Trinajstić information content (AvgIpc) is 3.18. The normalized spacial score (nSPS) is 12.5. The number of carbonyl (C=O) groups is 1. The second-order valence-corrected chi connectivity index (χ2v) is 8.10. The van der Waals surface area contributed by atoms with E-state index in [1.165, 1.54) is 5.56 Å². The molecule has 1 aromatic heterocycles. The van der Waals surface area contributed by atoms with Crippen LogP contribution in [0.15, 0.2) is 60.7 Å². The number of rotatable bonds is 9. The van der Waals surface area contributed by atoms with E-state index in [0.717, 1.165) is 12.0 Å². The molecule has 152 valence electrons. The van der Waals surface area contributed by atoms with Crippen LogP contribution in [0.25, 0.3) is 11.4 Å². The van der Waals surface area contributed by atoms with E-state index in [4.69, 9.17) is 0 Å². The Bertz CT molecular complexity index is 905. The molecule has 6 nitrogen and oxygen atoms in total. The van der Waals surface area contributed by atoms with Crippen LogP contribution >= 0.6 is 0 Å². The highest BCUT2D eigenvalue weighted by molar-refractivity contribution is 5.76. The Balaban J connectivity index is 1.42. The molecule has 6 heteroatoms. The quantitative estimate of drug-likeness (QED) is 0.598. The Hall–Kier alpha value is -3.02. The predicted molar refractivity (Wildman–Crippen MR) is 114 cm³/mol. The monoisotopic (exact) mass is 391 g/mol. The zero-order chi connectivity index (χ0) is 20.7. The van der Waals surface area contributed by atoms with Gasteiger partial charge in [-0.15, -0.1) is 10.2 Å². The van der Waals surface area contributed by atoms with Crippen molar-refractivity contribution in [3.8, 4) is 11.4 Å². The lowest BCUT2D eigenvalue weighted by atomic mass is 9.79. The SMILES string of the molecule is CC(CC(C)(C)c1ccccc1)NC(=O)CCCn1nnc(-c2ccccc2)n1. The first kappa shape index (κ1) is 20.7. The van der Waals surface area contributed by atoms with E-state index in [2.05, 4.69) is 65.8 Å². The average molecular weight is 392 g/mol. The number of benzene rings is 2. The second-order valence-electron chi connectivity index (χ2n) is 8.10. The zero-order valence-corrected chi connectivity index (χ0v) is 17.4. The van der Waals surface area contributed by atoms with Gasteiger partial charge in [0, 0.05) is 18.0 Å². The van der Waals surface area contributed by atoms with Crippen LogP contribution in [0.5, 0.6) is 0 Å². The first-order chi connectivity index (χ1) is 13.9. The molecule has 0 spiro atoms. The topological polar surface area (TPSA) is 72.7 Å². The van der Waals surface area contributed by atoms with Crippen LogP contribution in [-0.2, 0) is 16.8 Å². The summed E-state index contributed by atoms with van der Waals surface area (Å²) in [4.78, 5) is 13.9. The summed E-state index contributed by atoms with van der Waals surface area (Å²) >= 11 is 0. The summed E-state index contributed by atoms with van der Waals surface area (Å²) in [5.41, 5.74) is 2.23. The number of nitrogens with one attached hydrogen (secondary N) is 1. The summed E-state index contributed by atoms with van der Waals surface area (Å²) in [6.45, 7) is 7.06. The highest BCUT2D eigenvalue weighted by Gasteiger charge is 2.23. The van der Waals surface area contributed by atoms with E-state index >= 15 is 0 Å². The van der Waals surface area contributed by atoms with E-state index in [0.29, 0.717) is 25.2 Å². The number of aromatic nitrogens is 4. The molecule has 1 N–H and O–H groups in total. The van der Waals surface area contributed by atoms with Crippen molar-refractivity contribution in [2.45, 2.75) is 58.0 Å². The minimum atomic E-state index is 0.00639. The molecule has 0 aliphatic heterocycles. The number of tetrazole rings is 1. The number of hydrogen-bond acceptors (Lipinski definition) is 4. The minimum absolute atomic E-state index is 0.00639. The van der Waals surface area contributed by atoms with Gasteiger partial charge in [-0.2, -0.15) is 4.80 Å². The number of nitrogens with zero attached hydrogens (tertiary/aromatic N) is 4. The molecule has 0 aliphatic rings. The van der Waals surface area contributed by atoms with Gasteiger partial charge in [-0.1, -0.05) is 74.5 Å². The van der Waals surface area contributed by atoms with Crippen molar-refractivity contribution in [1.29, 1.82) is 0 Å². The summed E-state index contributed by atoms with van der Waals surface area (Å²) in [6, 6.07) is 20.3. The molecule has 0 aliphatic carbocycles. The van der Waals surface area contributed by atoms with Crippen molar-refractivity contribution in [3.05, 3.63) is 66.2 Å². The van der Waals surface area contributed by atoms with Crippen LogP contribution in [0, 0.1) is 0 Å². The van der Waals surface area contributed by atoms with Crippen LogP contribution in [0.2, 0.25) is 0 Å². The van der Waals surface area contributed by atoms with Crippen LogP contribution in [0.1, 0.15) is 45.6 Å². The number of amides is 1. The molecule has 3 rings (SSSR count). The van der Waals surface area contributed by atoms with Crippen molar-refractivity contribution in [1.82, 2.24) is 25.5 Å². The van der Waals surface area contributed by atoms with Gasteiger partial charge in [0.25, 0.3) is 0 Å². The fourth-order valence-corrected chi connectivity index (χ4v) is 3.59. The van der Waals surface area contributed by atoms with Crippen molar-refractivity contribution in [3.63, 3.8) is 0 Å². The lowest BCUT2D eigenvalue weighted by molar-refractivity contribution is -0.121. The molecule has 0 saturated carbocycles. The third-order valence-corrected chi connectivity index (χ3v) is 5.03. The number of hydrogen-bond donors (Lipinski definition) is 1. The molecule has 1 atom stereocenters. The molecule has 1 heterocycles. The molecule has 0 saturated heterocycles. The summed E-state index contributed by atoms with van der Waals surface area (Å²) < 4.78 is 0. The fourth-order valence-electron chi connectivity index (χ4n) is 3.59. The third-order valence-electron chi connectivity index (χ3n) is 5.03. The molecule has 2 aromatic carbocycles. The maximum absolute atomic E-state index is 12.3. The third kappa shape index (κ3) is 5.98. The van der Waals surface area contributed by atoms with Crippen LogP contribution in [0.4, 0.5) is 0 Å². The van der Waals surface area contributed by atoms with Gasteiger partial charge in [-0.25, -0.2) is 0 Å². The summed E-state index contributed by atoms with van der Waals surface area (Å²) in [7, 11) is 0. The lowest BCUT2D eigenvalue weighted by Gasteiger charge is -2.29. The Labute approximate surface area is 172 Å². The standard InChI is InChI=1S/C23H29N5O/c1-18(17-23(2,3)20-13-8-5-9-14-20)24-21(29)15-10-16-28-26-22(25-27-28)19-11-6-4-7-12-19/h4-9,11-14,18H,10,15-17H2,1-3H3,(H,24,29). The van der Waals surface area contributed by atoms with E-state index in [-0.39, 0.29) is 17.4 Å². The second kappa shape index (κ2) is 9.45. The highest BCUT2D eigenvalue weighted by Crippen LogP contribution is 2.28. The predicted octanol–water partition coefficient (Wildman–Crippen LogP) is 3.99. The van der Waals surface area contributed by atoms with Crippen molar-refractivity contribution in [2.75, 3.05) is 0 Å². The number of aryl methyl sites for hydroxylation is 1. The van der Waals surface area contributed by atoms with Gasteiger partial charge in [0.05, 0.1) is 6.54 Å². The van der Waals surface area contributed by atoms with E-state index < -0.39 is 0 Å². The first-order valence-corrected chi connectivity index (χ1v) is 10.1. The van der Waals surface area contributed by atoms with Crippen molar-refractivity contribution >= 4 is 5.91 Å². The van der Waals surface area contributed by atoms with Gasteiger partial charge in [-0.3, -0.25) is 4.79 Å². The maximum atomic E-state index is 12.3. The molecular weight excluding hydrogens is 362 g/mol. The van der Waals surface area contributed by atoms with Gasteiger partial charge < -0.3 is 5.32 Å². The molecule has 0 bridgehead atoms. The lowest BCUT2D eigenvalue weighted by Crippen LogP contribution is -2.37. The molecule has 29 heavy (non-hydrogen) atoms. The van der Waals surface area contributed by atoms with Gasteiger partial charge in [0.15, 0.2) is 0 Å². The highest BCUT2D eigenvalue weighted by atomic mass is 16.1. The van der Waals surface area contributed by atoms with Gasteiger partial charge >= 0.3 is 0 Å². The Kier molecular flexibility index (Phi) is 6.75. The maximum Gasteiger partial charge on any atom is 0.220 e. The molecular formula is C23H29N5O. The van der Waals surface area contributed by atoms with Gasteiger partial charge in [0.1, 0.15) is 0 Å². The van der Waals surface area contributed by atoms with Gasteiger partial charge in [-0.05, 0) is 36.0 Å². The fraction of sp³-hybridized carbons (Fsp3) is 0.391. The molecule has 3 aromatic rings. The molecule has 0 fully saturated rings. The minimum Gasteiger partial charge on any atom is -0.354 e. The van der Waals surface area contributed by atoms with Crippen molar-refractivity contribution in [2.24, 2.45) is 0 Å². The smallest absolute Gasteiger partial charge is 0.220 e. The van der Waals surface area contributed by atoms with Crippen LogP contribution in [-0.4, -0.2) is 32.2 Å². The summed E-state index contributed by atoms with van der Waals surface area (Å²) in [5, 5.41) is 15.7. The largest absolute Gasteiger partial charge is 0.354 e. The molecule has 1 unspecified atom stereocenters. The van der Waals surface area contributed by atoms with Gasteiger partial charge in [0.2, 0.25) is 11.7 Å². The van der Waals surface area contributed by atoms with E-state index in [1.54, 1.807) is 4.80 Å². The Morgan fingerprint density at radius 2 is 1.72 bits per heavy atom. The zero-order valence-electron chi connectivity index (χ0n) is 17.4.